The third kappa shape index (κ3) is 3.33. The van der Waals surface area contributed by atoms with Crippen molar-refractivity contribution in [2.24, 2.45) is 0 Å². The zero-order valence-electron chi connectivity index (χ0n) is 15.8. The number of anilines is 1. The van der Waals surface area contributed by atoms with Crippen LogP contribution in [0.25, 0.3) is 11.1 Å². The minimum absolute atomic E-state index is 0.136. The van der Waals surface area contributed by atoms with Crippen molar-refractivity contribution in [3.63, 3.8) is 0 Å². The number of hydrogen-bond donors (Lipinski definition) is 2. The highest BCUT2D eigenvalue weighted by atomic mass is 16.5. The zero-order valence-corrected chi connectivity index (χ0v) is 15.8. The predicted octanol–water partition coefficient (Wildman–Crippen LogP) is 4.79. The molecule has 0 aliphatic heterocycles. The summed E-state index contributed by atoms with van der Waals surface area (Å²) in [5.74, 6) is 0.942. The Labute approximate surface area is 158 Å². The maximum Gasteiger partial charge on any atom is 0.319 e. The van der Waals surface area contributed by atoms with E-state index in [1.807, 2.05) is 19.9 Å². The Bertz CT molecular complexity index is 987. The van der Waals surface area contributed by atoms with Gasteiger partial charge in [0.2, 0.25) is 0 Å². The largest absolute Gasteiger partial charge is 0.361 e. The molecule has 2 N–H and O–H groups in total. The third-order valence-electron chi connectivity index (χ3n) is 5.20. The van der Waals surface area contributed by atoms with E-state index in [4.69, 9.17) is 4.52 Å². The van der Waals surface area contributed by atoms with Crippen molar-refractivity contribution >= 4 is 11.7 Å². The van der Waals surface area contributed by atoms with Crippen LogP contribution in [0.3, 0.4) is 0 Å². The van der Waals surface area contributed by atoms with Crippen LogP contribution in [0.15, 0.2) is 47.0 Å². The van der Waals surface area contributed by atoms with Crippen molar-refractivity contribution in [1.82, 2.24) is 10.5 Å². The molecule has 3 aromatic rings. The Morgan fingerprint density at radius 2 is 1.93 bits per heavy atom. The molecule has 0 fully saturated rings. The number of carbonyl (C=O) groups is 1. The van der Waals surface area contributed by atoms with Gasteiger partial charge in [-0.25, -0.2) is 4.79 Å². The van der Waals surface area contributed by atoms with Crippen molar-refractivity contribution in [3.05, 3.63) is 70.6 Å². The summed E-state index contributed by atoms with van der Waals surface area (Å²) in [6.45, 7) is 6.39. The normalized spacial score (nSPS) is 13.0. The average Bonchev–Trinajstić information content (AvgIpc) is 3.19. The summed E-state index contributed by atoms with van der Waals surface area (Å²) < 4.78 is 5.21. The quantitative estimate of drug-likeness (QED) is 0.549. The first kappa shape index (κ1) is 17.3. The molecule has 1 aliphatic carbocycles. The third-order valence-corrected chi connectivity index (χ3v) is 5.20. The van der Waals surface area contributed by atoms with Crippen LogP contribution in [0, 0.1) is 13.8 Å². The van der Waals surface area contributed by atoms with Crippen LogP contribution in [0.1, 0.15) is 41.0 Å². The van der Waals surface area contributed by atoms with E-state index in [-0.39, 0.29) is 11.9 Å². The number of nitrogens with zero attached hydrogens (tertiary/aromatic N) is 1. The second-order valence-corrected chi connectivity index (χ2v) is 7.18. The van der Waals surface area contributed by atoms with Gasteiger partial charge in [-0.3, -0.25) is 0 Å². The van der Waals surface area contributed by atoms with E-state index >= 15 is 0 Å². The van der Waals surface area contributed by atoms with Crippen molar-refractivity contribution in [3.8, 4) is 11.1 Å². The van der Waals surface area contributed by atoms with E-state index in [0.717, 1.165) is 29.1 Å². The summed E-state index contributed by atoms with van der Waals surface area (Å²) >= 11 is 0. The first-order valence-corrected chi connectivity index (χ1v) is 9.21. The molecule has 138 valence electrons. The molecule has 0 bridgehead atoms. The van der Waals surface area contributed by atoms with Crippen molar-refractivity contribution in [2.45, 2.75) is 33.1 Å². The zero-order chi connectivity index (χ0) is 19.0. The van der Waals surface area contributed by atoms with Gasteiger partial charge in [0.1, 0.15) is 5.76 Å². The lowest BCUT2D eigenvalue weighted by molar-refractivity contribution is 0.251. The lowest BCUT2D eigenvalue weighted by atomic mass is 10.00. The lowest BCUT2D eigenvalue weighted by Crippen LogP contribution is -2.32. The Morgan fingerprint density at radius 3 is 2.70 bits per heavy atom. The highest BCUT2D eigenvalue weighted by Gasteiger charge is 2.19. The maximum absolute atomic E-state index is 12.3. The maximum atomic E-state index is 12.3. The van der Waals surface area contributed by atoms with Crippen LogP contribution in [0.4, 0.5) is 10.5 Å². The summed E-state index contributed by atoms with van der Waals surface area (Å²) in [6.07, 6.45) is 0.908. The number of urea groups is 1. The number of aryl methyl sites for hydroxylation is 2. The van der Waals surface area contributed by atoms with E-state index in [0.29, 0.717) is 6.54 Å². The summed E-state index contributed by atoms with van der Waals surface area (Å²) in [4.78, 5) is 12.3. The smallest absolute Gasteiger partial charge is 0.319 e. The van der Waals surface area contributed by atoms with Crippen molar-refractivity contribution in [1.29, 1.82) is 0 Å². The molecule has 1 atom stereocenters. The summed E-state index contributed by atoms with van der Waals surface area (Å²) in [5.41, 5.74) is 7.87. The van der Waals surface area contributed by atoms with Crippen molar-refractivity contribution in [2.75, 3.05) is 11.9 Å². The molecule has 2 amide bonds. The molecule has 0 saturated heterocycles. The minimum Gasteiger partial charge on any atom is -0.361 e. The van der Waals surface area contributed by atoms with Gasteiger partial charge in [-0.2, -0.15) is 0 Å². The van der Waals surface area contributed by atoms with Crippen LogP contribution in [0.2, 0.25) is 0 Å². The van der Waals surface area contributed by atoms with E-state index in [1.54, 1.807) is 0 Å². The van der Waals surface area contributed by atoms with Crippen LogP contribution in [0.5, 0.6) is 0 Å². The Morgan fingerprint density at radius 1 is 1.15 bits per heavy atom. The fourth-order valence-electron chi connectivity index (χ4n) is 3.94. The van der Waals surface area contributed by atoms with Gasteiger partial charge in [0.15, 0.2) is 0 Å². The molecule has 5 heteroatoms. The van der Waals surface area contributed by atoms with E-state index in [1.165, 1.54) is 22.3 Å². The summed E-state index contributed by atoms with van der Waals surface area (Å²) in [5, 5.41) is 9.86. The second kappa shape index (κ2) is 6.91. The van der Waals surface area contributed by atoms with Gasteiger partial charge >= 0.3 is 6.03 Å². The lowest BCUT2D eigenvalue weighted by Gasteiger charge is -2.14. The number of fused-ring (bicyclic) bond motifs is 3. The molecule has 0 spiro atoms. The van der Waals surface area contributed by atoms with Gasteiger partial charge in [0, 0.05) is 23.7 Å². The molecule has 1 aromatic heterocycles. The second-order valence-electron chi connectivity index (χ2n) is 7.18. The number of amides is 2. The number of benzene rings is 2. The Hall–Kier alpha value is -3.08. The van der Waals surface area contributed by atoms with E-state index < -0.39 is 0 Å². The molecule has 27 heavy (non-hydrogen) atoms. The molecular formula is C22H23N3O2. The first-order chi connectivity index (χ1) is 13.0. The molecule has 2 aromatic carbocycles. The molecule has 0 unspecified atom stereocenters. The van der Waals surface area contributed by atoms with Gasteiger partial charge in [-0.1, -0.05) is 42.4 Å². The van der Waals surface area contributed by atoms with Crippen LogP contribution in [-0.2, 0) is 6.42 Å². The summed E-state index contributed by atoms with van der Waals surface area (Å²) in [7, 11) is 0. The van der Waals surface area contributed by atoms with E-state index in [9.17, 15) is 4.79 Å². The molecule has 5 nitrogen and oxygen atoms in total. The predicted molar refractivity (Wildman–Crippen MR) is 106 cm³/mol. The fourth-order valence-corrected chi connectivity index (χ4v) is 3.94. The number of rotatable bonds is 4. The van der Waals surface area contributed by atoms with Gasteiger partial charge in [-0.05, 0) is 54.7 Å². The van der Waals surface area contributed by atoms with Crippen LogP contribution in [-0.4, -0.2) is 17.7 Å². The molecule has 0 saturated carbocycles. The molecule has 0 radical (unpaired) electrons. The average molecular weight is 361 g/mol. The number of nitrogens with one attached hydrogen (secondary N) is 2. The van der Waals surface area contributed by atoms with Crippen LogP contribution >= 0.6 is 0 Å². The molecule has 1 aliphatic rings. The van der Waals surface area contributed by atoms with Gasteiger partial charge < -0.3 is 15.2 Å². The topological polar surface area (TPSA) is 67.2 Å². The number of carbonyl (C=O) groups excluding carboxylic acids is 1. The van der Waals surface area contributed by atoms with Crippen LogP contribution < -0.4 is 10.6 Å². The molecule has 4 rings (SSSR count). The first-order valence-electron chi connectivity index (χ1n) is 9.21. The number of aromatic nitrogens is 1. The summed E-state index contributed by atoms with van der Waals surface area (Å²) in [6, 6.07) is 14.3. The standard InChI is InChI=1S/C22H23N3O2/c1-13(21-14(2)25-27-15(21)3)12-23-22(26)24-18-8-9-20-17(11-18)10-16-6-4-5-7-19(16)20/h4-9,11,13H,10,12H2,1-3H3,(H2,23,24,26)/t13-/m0/s1. The fraction of sp³-hybridized carbons (Fsp3) is 0.273. The Kier molecular flexibility index (Phi) is 4.44. The highest BCUT2D eigenvalue weighted by molar-refractivity contribution is 5.90. The van der Waals surface area contributed by atoms with Gasteiger partial charge in [0.25, 0.3) is 0 Å². The molecule has 1 heterocycles. The van der Waals surface area contributed by atoms with Gasteiger partial charge in [0.05, 0.1) is 5.69 Å². The molecular weight excluding hydrogens is 338 g/mol. The van der Waals surface area contributed by atoms with E-state index in [2.05, 4.69) is 59.1 Å². The number of hydrogen-bond acceptors (Lipinski definition) is 3. The van der Waals surface area contributed by atoms with Crippen molar-refractivity contribution < 1.29 is 9.32 Å². The Balaban J connectivity index is 1.39. The van der Waals surface area contributed by atoms with Gasteiger partial charge in [-0.15, -0.1) is 0 Å². The minimum atomic E-state index is -0.205. The highest BCUT2D eigenvalue weighted by Crippen LogP contribution is 2.37. The SMILES string of the molecule is Cc1noc(C)c1[C@@H](C)CNC(=O)Nc1ccc2c(c1)Cc1ccccc1-2. The monoisotopic (exact) mass is 361 g/mol.